The molecule has 33 heavy (non-hydrogen) atoms. The molecule has 2 aromatic carbocycles. The lowest BCUT2D eigenvalue weighted by Gasteiger charge is -2.13. The Kier molecular flexibility index (Phi) is 7.70. The summed E-state index contributed by atoms with van der Waals surface area (Å²) in [5.74, 6) is 5.77. The van der Waals surface area contributed by atoms with Crippen molar-refractivity contribution >= 4 is 28.2 Å². The summed E-state index contributed by atoms with van der Waals surface area (Å²) in [6.45, 7) is 8.58. The van der Waals surface area contributed by atoms with Gasteiger partial charge in [-0.1, -0.05) is 43.9 Å². The number of pyridine rings is 1. The van der Waals surface area contributed by atoms with Gasteiger partial charge in [-0.3, -0.25) is 14.5 Å². The van der Waals surface area contributed by atoms with Crippen LogP contribution in [0, 0.1) is 18.8 Å². The summed E-state index contributed by atoms with van der Waals surface area (Å²) in [5, 5.41) is 6.68. The Labute approximate surface area is 194 Å². The number of aryl methyl sites for hydroxylation is 1. The molecule has 0 bridgehead atoms. The first-order chi connectivity index (χ1) is 15.8. The van der Waals surface area contributed by atoms with E-state index in [1.165, 1.54) is 6.20 Å². The van der Waals surface area contributed by atoms with Crippen molar-refractivity contribution in [1.82, 2.24) is 9.88 Å². The molecule has 1 amide bonds. The lowest BCUT2D eigenvalue weighted by Crippen LogP contribution is -2.22. The van der Waals surface area contributed by atoms with Crippen molar-refractivity contribution in [2.45, 2.75) is 26.7 Å². The van der Waals surface area contributed by atoms with Gasteiger partial charge in [0.25, 0.3) is 5.91 Å². The van der Waals surface area contributed by atoms with E-state index >= 15 is 0 Å². The predicted molar refractivity (Wildman–Crippen MR) is 137 cm³/mol. The maximum Gasteiger partial charge on any atom is 0.261 e. The number of aromatic nitrogens is 1. The Balaban J connectivity index is 1.95. The fourth-order valence-electron chi connectivity index (χ4n) is 3.49. The number of nitrogens with one attached hydrogen (secondary N) is 3. The van der Waals surface area contributed by atoms with Crippen LogP contribution in [0.4, 0.5) is 11.4 Å². The standard InChI is InChI=1S/C27H30N4O2/c1-6-9-19(3)29-21-13-14-23(20(16-21)11-8-15-31(4)5)30-27(33)22-17-28-24-12-7-10-18(2)25(24)26(22)32/h7,10,12-14,16-17,29H,3,6,9,15H2,1-2,4-5H3,(H,28,32)(H,30,33). The number of nitrogens with zero attached hydrogens (tertiary/aromatic N) is 1. The normalized spacial score (nSPS) is 10.6. The molecular weight excluding hydrogens is 412 g/mol. The highest BCUT2D eigenvalue weighted by Gasteiger charge is 2.16. The number of hydrogen-bond acceptors (Lipinski definition) is 4. The Bertz CT molecular complexity index is 1310. The molecule has 3 N–H and O–H groups in total. The molecule has 0 unspecified atom stereocenters. The quantitative estimate of drug-likeness (QED) is 0.463. The monoisotopic (exact) mass is 442 g/mol. The average molecular weight is 443 g/mol. The number of aromatic amines is 1. The van der Waals surface area contributed by atoms with Gasteiger partial charge in [-0.05, 0) is 57.3 Å². The number of carbonyl (C=O) groups is 1. The van der Waals surface area contributed by atoms with E-state index in [-0.39, 0.29) is 11.0 Å². The number of amides is 1. The molecule has 6 nitrogen and oxygen atoms in total. The van der Waals surface area contributed by atoms with Crippen molar-refractivity contribution in [3.05, 3.63) is 81.8 Å². The fourth-order valence-corrected chi connectivity index (χ4v) is 3.49. The number of fused-ring (bicyclic) bond motifs is 1. The average Bonchev–Trinajstić information content (AvgIpc) is 2.75. The molecule has 0 saturated carbocycles. The Morgan fingerprint density at radius 1 is 1.18 bits per heavy atom. The van der Waals surface area contributed by atoms with Gasteiger partial charge in [0.1, 0.15) is 5.56 Å². The van der Waals surface area contributed by atoms with Gasteiger partial charge >= 0.3 is 0 Å². The molecule has 3 rings (SSSR count). The summed E-state index contributed by atoms with van der Waals surface area (Å²) >= 11 is 0. The second kappa shape index (κ2) is 10.7. The first-order valence-electron chi connectivity index (χ1n) is 10.9. The third-order valence-corrected chi connectivity index (χ3v) is 5.12. The van der Waals surface area contributed by atoms with E-state index < -0.39 is 5.91 Å². The summed E-state index contributed by atoms with van der Waals surface area (Å²) < 4.78 is 0. The Hall–Kier alpha value is -3.82. The van der Waals surface area contributed by atoms with Gasteiger partial charge in [0.15, 0.2) is 0 Å². The summed E-state index contributed by atoms with van der Waals surface area (Å²) in [7, 11) is 3.89. The highest BCUT2D eigenvalue weighted by atomic mass is 16.2. The van der Waals surface area contributed by atoms with Crippen LogP contribution in [0.2, 0.25) is 0 Å². The number of hydrogen-bond donors (Lipinski definition) is 3. The van der Waals surface area contributed by atoms with E-state index in [0.717, 1.165) is 29.8 Å². The number of rotatable bonds is 7. The molecule has 0 aliphatic heterocycles. The highest BCUT2D eigenvalue weighted by molar-refractivity contribution is 6.06. The molecule has 0 atom stereocenters. The second-order valence-electron chi connectivity index (χ2n) is 8.26. The molecule has 6 heteroatoms. The zero-order valence-corrected chi connectivity index (χ0v) is 19.6. The molecule has 170 valence electrons. The van der Waals surface area contributed by atoms with Crippen molar-refractivity contribution in [1.29, 1.82) is 0 Å². The SMILES string of the molecule is C=C(CCC)Nc1ccc(NC(=O)c2c[nH]c3cccc(C)c3c2=O)c(C#CCN(C)C)c1. The molecule has 1 heterocycles. The van der Waals surface area contributed by atoms with Crippen molar-refractivity contribution in [3.63, 3.8) is 0 Å². The van der Waals surface area contributed by atoms with Crippen LogP contribution >= 0.6 is 0 Å². The molecule has 0 radical (unpaired) electrons. The van der Waals surface area contributed by atoms with Gasteiger partial charge in [0.2, 0.25) is 5.43 Å². The van der Waals surface area contributed by atoms with Crippen molar-refractivity contribution in [2.75, 3.05) is 31.3 Å². The lowest BCUT2D eigenvalue weighted by atomic mass is 10.1. The molecule has 0 aliphatic carbocycles. The molecule has 0 fully saturated rings. The number of carbonyl (C=O) groups excluding carboxylic acids is 1. The van der Waals surface area contributed by atoms with Gasteiger partial charge in [-0.15, -0.1) is 0 Å². The van der Waals surface area contributed by atoms with Crippen molar-refractivity contribution < 1.29 is 4.79 Å². The molecule has 0 saturated heterocycles. The fraction of sp³-hybridized carbons (Fsp3) is 0.259. The first kappa shape index (κ1) is 23.8. The molecule has 3 aromatic rings. The minimum Gasteiger partial charge on any atom is -0.360 e. The zero-order chi connectivity index (χ0) is 24.0. The smallest absolute Gasteiger partial charge is 0.261 e. The van der Waals surface area contributed by atoms with Gasteiger partial charge in [0, 0.05) is 28.5 Å². The van der Waals surface area contributed by atoms with E-state index in [9.17, 15) is 9.59 Å². The first-order valence-corrected chi connectivity index (χ1v) is 10.9. The maximum atomic E-state index is 13.1. The summed E-state index contributed by atoms with van der Waals surface area (Å²) in [4.78, 5) is 31.1. The van der Waals surface area contributed by atoms with E-state index in [1.54, 1.807) is 6.07 Å². The number of allylic oxidation sites excluding steroid dienone is 1. The van der Waals surface area contributed by atoms with E-state index in [0.29, 0.717) is 28.7 Å². The van der Waals surface area contributed by atoms with Crippen LogP contribution in [0.5, 0.6) is 0 Å². The van der Waals surface area contributed by atoms with Crippen LogP contribution in [0.25, 0.3) is 10.9 Å². The predicted octanol–water partition coefficient (Wildman–Crippen LogP) is 4.73. The Morgan fingerprint density at radius 2 is 1.97 bits per heavy atom. The summed E-state index contributed by atoms with van der Waals surface area (Å²) in [6, 6.07) is 11.1. The van der Waals surface area contributed by atoms with E-state index in [4.69, 9.17) is 0 Å². The van der Waals surface area contributed by atoms with Crippen LogP contribution < -0.4 is 16.1 Å². The highest BCUT2D eigenvalue weighted by Crippen LogP contribution is 2.22. The number of H-pyrrole nitrogens is 1. The van der Waals surface area contributed by atoms with Gasteiger partial charge < -0.3 is 15.6 Å². The topological polar surface area (TPSA) is 77.2 Å². The number of benzene rings is 2. The van der Waals surface area contributed by atoms with Gasteiger partial charge in [-0.25, -0.2) is 0 Å². The molecule has 0 aliphatic rings. The van der Waals surface area contributed by atoms with Gasteiger partial charge in [-0.2, -0.15) is 0 Å². The van der Waals surface area contributed by atoms with Crippen LogP contribution in [-0.4, -0.2) is 36.4 Å². The van der Waals surface area contributed by atoms with Crippen LogP contribution in [0.1, 0.15) is 41.3 Å². The molecular formula is C27H30N4O2. The minimum absolute atomic E-state index is 0.0579. The third-order valence-electron chi connectivity index (χ3n) is 5.12. The summed E-state index contributed by atoms with van der Waals surface area (Å²) in [6.07, 6.45) is 3.32. The van der Waals surface area contributed by atoms with E-state index in [2.05, 4.69) is 41.0 Å². The molecule has 1 aromatic heterocycles. The summed E-state index contributed by atoms with van der Waals surface area (Å²) in [5.41, 5.74) is 4.25. The zero-order valence-electron chi connectivity index (χ0n) is 19.6. The van der Waals surface area contributed by atoms with E-state index in [1.807, 2.05) is 56.3 Å². The van der Waals surface area contributed by atoms with Crippen molar-refractivity contribution in [3.8, 4) is 11.8 Å². The van der Waals surface area contributed by atoms with Gasteiger partial charge in [0.05, 0.1) is 17.8 Å². The van der Waals surface area contributed by atoms with Crippen LogP contribution in [0.15, 0.2) is 59.7 Å². The minimum atomic E-state index is -0.479. The number of anilines is 2. The lowest BCUT2D eigenvalue weighted by molar-refractivity contribution is 0.102. The maximum absolute atomic E-state index is 13.1. The third kappa shape index (κ3) is 5.91. The van der Waals surface area contributed by atoms with Crippen LogP contribution in [-0.2, 0) is 0 Å². The Morgan fingerprint density at radius 3 is 2.70 bits per heavy atom. The van der Waals surface area contributed by atoms with Crippen molar-refractivity contribution in [2.24, 2.45) is 0 Å². The molecule has 0 spiro atoms. The second-order valence-corrected chi connectivity index (χ2v) is 8.26. The van der Waals surface area contributed by atoms with Crippen LogP contribution in [0.3, 0.4) is 0 Å². The largest absolute Gasteiger partial charge is 0.360 e.